The number of aryl methyl sites for hydroxylation is 1. The number of benzene rings is 4. The van der Waals surface area contributed by atoms with Gasteiger partial charge in [-0.1, -0.05) is 112 Å². The first kappa shape index (κ1) is 54.3. The fourth-order valence-electron chi connectivity index (χ4n) is 14.9. The predicted molar refractivity (Wildman–Crippen MR) is 310 cm³/mol. The Hall–Kier alpha value is -6.62. The van der Waals surface area contributed by atoms with Gasteiger partial charge in [-0.3, -0.25) is 9.59 Å². The van der Waals surface area contributed by atoms with Gasteiger partial charge in [-0.05, 0) is 156 Å². The van der Waals surface area contributed by atoms with E-state index in [1.165, 1.54) is 7.11 Å². The van der Waals surface area contributed by atoms with Crippen LogP contribution in [-0.2, 0) is 27.8 Å². The summed E-state index contributed by atoms with van der Waals surface area (Å²) in [4.78, 5) is 33.4. The highest BCUT2D eigenvalue weighted by Gasteiger charge is 2.54. The first-order valence-corrected chi connectivity index (χ1v) is 29.2. The zero-order chi connectivity index (χ0) is 55.0. The molecule has 11 bridgehead atoms. The maximum atomic E-state index is 15.3. The van der Waals surface area contributed by atoms with Crippen LogP contribution in [0.4, 0.5) is 5.69 Å². The topological polar surface area (TPSA) is 196 Å². The van der Waals surface area contributed by atoms with Gasteiger partial charge in [-0.2, -0.15) is 0 Å². The second kappa shape index (κ2) is 23.2. The number of fused-ring (bicyclic) bond motifs is 7. The molecule has 12 unspecified atom stereocenters. The lowest BCUT2D eigenvalue weighted by molar-refractivity contribution is -0.142. The third-order valence-corrected chi connectivity index (χ3v) is 18.9. The Bertz CT molecular complexity index is 3240. The van der Waals surface area contributed by atoms with E-state index in [4.69, 9.17) is 4.74 Å². The van der Waals surface area contributed by atoms with E-state index in [1.54, 1.807) is 12.1 Å². The first-order valence-electron chi connectivity index (χ1n) is 29.2. The number of aliphatic hydroxyl groups is 3. The molecule has 0 radical (unpaired) electrons. The van der Waals surface area contributed by atoms with Gasteiger partial charge in [0.05, 0.1) is 25.2 Å². The normalized spacial score (nSPS) is 30.4. The van der Waals surface area contributed by atoms with Gasteiger partial charge < -0.3 is 51.2 Å². The summed E-state index contributed by atoms with van der Waals surface area (Å²) in [5, 5.41) is 72.4. The number of aliphatic hydroxyl groups excluding tert-OH is 3. The van der Waals surface area contributed by atoms with Gasteiger partial charge in [0.15, 0.2) is 29.2 Å². The maximum absolute atomic E-state index is 15.3. The van der Waals surface area contributed by atoms with E-state index in [0.717, 1.165) is 94.5 Å². The van der Waals surface area contributed by atoms with Crippen LogP contribution in [0, 0.1) is 47.3 Å². The van der Waals surface area contributed by atoms with Crippen LogP contribution in [0.3, 0.4) is 0 Å². The van der Waals surface area contributed by atoms with E-state index in [1.807, 2.05) is 60.7 Å². The third kappa shape index (κ3) is 10.8. The number of H-pyrrole nitrogens is 1. The number of nitrogens with one attached hydrogen (secondary N) is 4. The number of ether oxygens (including phenoxy) is 1. The number of allylic oxidation sites excluding steroid dienone is 3. The lowest BCUT2D eigenvalue weighted by Gasteiger charge is -2.51. The summed E-state index contributed by atoms with van der Waals surface area (Å²) in [6.07, 6.45) is 15.7. The molecule has 1 spiro atoms. The van der Waals surface area contributed by atoms with Gasteiger partial charge >= 0.3 is 0 Å². The number of carbonyl (C=O) groups excluding carboxylic acids is 2. The minimum atomic E-state index is -1.85. The van der Waals surface area contributed by atoms with Gasteiger partial charge in [0, 0.05) is 72.7 Å². The number of phenols is 2. The largest absolute Gasteiger partial charge is 0.507 e. The maximum Gasteiger partial charge on any atom is 0.173 e. The van der Waals surface area contributed by atoms with E-state index in [-0.39, 0.29) is 66.1 Å². The van der Waals surface area contributed by atoms with Crippen molar-refractivity contribution < 1.29 is 39.9 Å². The number of Topliss-reactive ketones (excluding diaryl/α,β-unsaturated/α-hetero) is 2. The standard InChI is InChI=1S/C67H78N4O8/c1-4-10-52-47-29-41(28-44-17-21-51(42-11-6-5-7-12-42)54-35-59(74)60(79-3)33-45(54)18-23-58(73)64(77)63(76)55(44)32-47)27-40-24-26-69-61(30-40)71-49-20-16-43-14-15-46(62(75)56(43)34-49)31-50(72)37-68-36-39(2)57-38-70-65-53(57)22-19-48-13-8-9-25-67(48,65)66(52)78/h5-7,11-12,14-16,19-20,22,24,30,33-35,38-39,41,44,47-48,50-52,55,64,66,68-72,74-75,77-78H,4,8-10,13,18,23,25-29,31-32,36-37H2,1-3H3. The molecule has 2 aliphatic heterocycles. The number of aromatic amines is 1. The smallest absolute Gasteiger partial charge is 0.173 e. The number of hydrogen-bond donors (Lipinski definition) is 9. The Morgan fingerprint density at radius 1 is 0.873 bits per heavy atom. The number of phenolic OH excluding ortho intramolecular Hbond substituents is 2. The first-order chi connectivity index (χ1) is 38.3. The summed E-state index contributed by atoms with van der Waals surface area (Å²) in [6, 6.07) is 23.2. The minimum absolute atomic E-state index is 0.0141. The zero-order valence-electron chi connectivity index (χ0n) is 45.9. The van der Waals surface area contributed by atoms with E-state index < -0.39 is 53.0 Å². The van der Waals surface area contributed by atoms with E-state index >= 15 is 4.79 Å². The number of dihydropyridines is 1. The van der Waals surface area contributed by atoms with Crippen molar-refractivity contribution >= 4 is 34.1 Å². The van der Waals surface area contributed by atoms with Crippen LogP contribution in [0.1, 0.15) is 135 Å². The lowest BCUT2D eigenvalue weighted by atomic mass is 9.54. The van der Waals surface area contributed by atoms with Crippen LogP contribution >= 0.6 is 0 Å². The fourth-order valence-corrected chi connectivity index (χ4v) is 14.9. The number of aromatic hydroxyl groups is 2. The molecule has 3 heterocycles. The molecule has 414 valence electrons. The Morgan fingerprint density at radius 3 is 2.53 bits per heavy atom. The van der Waals surface area contributed by atoms with Crippen LogP contribution in [0.2, 0.25) is 0 Å². The van der Waals surface area contributed by atoms with Gasteiger partial charge in [-0.15, -0.1) is 0 Å². The van der Waals surface area contributed by atoms with Crippen LogP contribution in [0.5, 0.6) is 17.2 Å². The predicted octanol–water partition coefficient (Wildman–Crippen LogP) is 10.2. The fraction of sp³-hybridized carbons (Fsp3) is 0.463. The second-order valence-electron chi connectivity index (χ2n) is 23.8. The van der Waals surface area contributed by atoms with Crippen molar-refractivity contribution in [2.75, 3.05) is 32.1 Å². The average molecular weight is 1070 g/mol. The molecule has 2 saturated carbocycles. The number of anilines is 1. The molecular weight excluding hydrogens is 989 g/mol. The van der Waals surface area contributed by atoms with Crippen LogP contribution < -0.4 is 20.7 Å². The van der Waals surface area contributed by atoms with Crippen molar-refractivity contribution in [3.63, 3.8) is 0 Å². The average Bonchev–Trinajstić information content (AvgIpc) is 4.11. The van der Waals surface area contributed by atoms with Crippen LogP contribution in [-0.4, -0.2) is 87.1 Å². The summed E-state index contributed by atoms with van der Waals surface area (Å²) < 4.78 is 5.55. The monoisotopic (exact) mass is 1070 g/mol. The molecule has 0 amide bonds. The highest BCUT2D eigenvalue weighted by atomic mass is 16.5. The minimum Gasteiger partial charge on any atom is -0.507 e. The van der Waals surface area contributed by atoms with Gasteiger partial charge in [-0.25, -0.2) is 0 Å². The summed E-state index contributed by atoms with van der Waals surface area (Å²) in [6.45, 7) is 5.90. The molecule has 1 aromatic heterocycles. The van der Waals surface area contributed by atoms with Gasteiger partial charge in [0.25, 0.3) is 0 Å². The van der Waals surface area contributed by atoms with E-state index in [9.17, 15) is 30.3 Å². The highest BCUT2D eigenvalue weighted by Crippen LogP contribution is 2.56. The van der Waals surface area contributed by atoms with Crippen LogP contribution in [0.25, 0.3) is 16.8 Å². The third-order valence-electron chi connectivity index (χ3n) is 18.9. The number of carbonyl (C=O) groups is 2. The van der Waals surface area contributed by atoms with Crippen molar-refractivity contribution in [1.29, 1.82) is 0 Å². The molecule has 12 nitrogen and oxygen atoms in total. The van der Waals surface area contributed by atoms with Crippen molar-refractivity contribution in [2.45, 2.75) is 133 Å². The molecule has 6 aliphatic rings. The molecular formula is C67H78N4O8. The number of rotatable bonds is 4. The van der Waals surface area contributed by atoms with Crippen molar-refractivity contribution in [2.24, 2.45) is 35.5 Å². The molecule has 9 N–H and O–H groups in total. The molecule has 4 aromatic carbocycles. The Balaban J connectivity index is 1.05. The van der Waals surface area contributed by atoms with E-state index in [2.05, 4.69) is 77.1 Å². The number of methoxy groups -OCH3 is 1. The molecule has 5 aromatic rings. The molecule has 12 heteroatoms. The molecule has 2 fully saturated rings. The quantitative estimate of drug-likeness (QED) is 0.0614. The SMILES string of the molecule is CCCC1C2CC(CC3=CCNC(=C3)Nc3ccc4ccc(c(O)c4c3)CC(O)CNCC(C)c3c[nH]c4c3C=CC3CCCCC43C1O)CC1C#CC(c3ccccc3)c3cc(O)c(OC)cc3CCC(=O)C(O)C(=O)C1C2. The molecule has 4 aliphatic carbocycles. The van der Waals surface area contributed by atoms with Crippen molar-refractivity contribution in [3.05, 3.63) is 148 Å². The van der Waals surface area contributed by atoms with Crippen molar-refractivity contribution in [1.82, 2.24) is 15.6 Å². The highest BCUT2D eigenvalue weighted by molar-refractivity contribution is 6.06. The Kier molecular flexibility index (Phi) is 16.0. The molecule has 12 atom stereocenters. The summed E-state index contributed by atoms with van der Waals surface area (Å²) >= 11 is 0. The summed E-state index contributed by atoms with van der Waals surface area (Å²) in [5.74, 6) is 5.39. The Morgan fingerprint density at radius 2 is 1.71 bits per heavy atom. The van der Waals surface area contributed by atoms with E-state index in [0.29, 0.717) is 56.3 Å². The molecule has 79 heavy (non-hydrogen) atoms. The Labute approximate surface area is 464 Å². The number of ketones is 2. The number of β-amino-alcohol motifs (C(OH)–C–C–N with tert-alkyl or cyclic N) is 1. The van der Waals surface area contributed by atoms with Crippen molar-refractivity contribution in [3.8, 4) is 29.1 Å². The second-order valence-corrected chi connectivity index (χ2v) is 23.8. The molecule has 0 saturated heterocycles. The number of hydrogen-bond acceptors (Lipinski definition) is 11. The lowest BCUT2D eigenvalue weighted by Crippen LogP contribution is -2.53. The summed E-state index contributed by atoms with van der Waals surface area (Å²) in [7, 11) is 1.49. The van der Waals surface area contributed by atoms with Gasteiger partial charge in [0.1, 0.15) is 11.6 Å². The van der Waals surface area contributed by atoms with Crippen LogP contribution in [0.15, 0.2) is 109 Å². The summed E-state index contributed by atoms with van der Waals surface area (Å²) in [5.41, 5.74) is 7.71. The molecule has 11 rings (SSSR count). The number of aromatic nitrogens is 1. The zero-order valence-corrected chi connectivity index (χ0v) is 45.9. The van der Waals surface area contributed by atoms with Gasteiger partial charge in [0.2, 0.25) is 0 Å².